The Morgan fingerprint density at radius 1 is 0.821 bits per heavy atom. The molecule has 0 bridgehead atoms. The first kappa shape index (κ1) is 24.9. The summed E-state index contributed by atoms with van der Waals surface area (Å²) in [4.78, 5) is 9.57. The summed E-state index contributed by atoms with van der Waals surface area (Å²) in [6, 6.07) is 27.8. The molecule has 4 aromatic carbocycles. The van der Waals surface area contributed by atoms with Gasteiger partial charge in [0, 0.05) is 22.4 Å². The Morgan fingerprint density at radius 3 is 2.38 bits per heavy atom. The third kappa shape index (κ3) is 5.05. The van der Waals surface area contributed by atoms with E-state index >= 15 is 0 Å². The van der Waals surface area contributed by atoms with Crippen molar-refractivity contribution in [2.75, 3.05) is 6.61 Å². The molecule has 6 aromatic rings. The van der Waals surface area contributed by atoms with E-state index in [0.29, 0.717) is 29.8 Å². The molecule has 2 heterocycles. The zero-order chi connectivity index (χ0) is 26.8. The van der Waals surface area contributed by atoms with Gasteiger partial charge >= 0.3 is 0 Å². The minimum atomic E-state index is 0.137. The molecule has 1 N–H and O–H groups in total. The normalized spacial score (nSPS) is 12.4. The van der Waals surface area contributed by atoms with E-state index in [4.69, 9.17) is 19.1 Å². The molecule has 39 heavy (non-hydrogen) atoms. The van der Waals surface area contributed by atoms with Gasteiger partial charge in [0.15, 0.2) is 5.82 Å². The summed E-state index contributed by atoms with van der Waals surface area (Å²) in [7, 11) is 0. The van der Waals surface area contributed by atoms with Crippen molar-refractivity contribution in [2.45, 2.75) is 39.5 Å². The van der Waals surface area contributed by atoms with Gasteiger partial charge in [0.1, 0.15) is 16.9 Å². The molecular formula is C34H32N2O3. The van der Waals surface area contributed by atoms with Crippen molar-refractivity contribution in [1.29, 1.82) is 0 Å². The predicted octanol–water partition coefficient (Wildman–Crippen LogP) is 9.16. The number of phenolic OH excluding ortho intramolecular Hbond substituents is 1. The fraction of sp³-hybridized carbons (Fsp3) is 0.235. The van der Waals surface area contributed by atoms with Gasteiger partial charge in [-0.05, 0) is 65.6 Å². The molecular weight excluding hydrogens is 484 g/mol. The van der Waals surface area contributed by atoms with Crippen LogP contribution in [0.5, 0.6) is 11.6 Å². The topological polar surface area (TPSA) is 68.4 Å². The molecule has 196 valence electrons. The van der Waals surface area contributed by atoms with E-state index in [2.05, 4.69) is 50.2 Å². The molecule has 1 atom stereocenters. The van der Waals surface area contributed by atoms with Gasteiger partial charge in [0.25, 0.3) is 0 Å². The lowest BCUT2D eigenvalue weighted by Crippen LogP contribution is -2.12. The van der Waals surface area contributed by atoms with Gasteiger partial charge in [-0.25, -0.2) is 4.98 Å². The van der Waals surface area contributed by atoms with Crippen LogP contribution in [0, 0.1) is 5.92 Å². The fourth-order valence-corrected chi connectivity index (χ4v) is 5.15. The summed E-state index contributed by atoms with van der Waals surface area (Å²) < 4.78 is 12.5. The lowest BCUT2D eigenvalue weighted by atomic mass is 10.0. The largest absolute Gasteiger partial charge is 0.507 e. The first-order valence-corrected chi connectivity index (χ1v) is 13.8. The van der Waals surface area contributed by atoms with Crippen LogP contribution in [0.4, 0.5) is 0 Å². The molecule has 0 aliphatic heterocycles. The minimum Gasteiger partial charge on any atom is -0.507 e. The molecule has 5 heteroatoms. The maximum Gasteiger partial charge on any atom is 0.217 e. The molecule has 2 aromatic heterocycles. The van der Waals surface area contributed by atoms with Crippen molar-refractivity contribution < 1.29 is 14.3 Å². The molecule has 0 saturated carbocycles. The highest BCUT2D eigenvalue weighted by molar-refractivity contribution is 6.10. The molecule has 0 amide bonds. The first-order valence-electron chi connectivity index (χ1n) is 13.8. The van der Waals surface area contributed by atoms with E-state index in [1.165, 1.54) is 18.2 Å². The van der Waals surface area contributed by atoms with Crippen molar-refractivity contribution in [1.82, 2.24) is 9.97 Å². The van der Waals surface area contributed by atoms with Gasteiger partial charge in [0.2, 0.25) is 5.88 Å². The fourth-order valence-electron chi connectivity index (χ4n) is 5.15. The van der Waals surface area contributed by atoms with Crippen LogP contribution in [0.2, 0.25) is 0 Å². The number of aromatic hydroxyl groups is 1. The number of hydrogen-bond donors (Lipinski definition) is 1. The van der Waals surface area contributed by atoms with Gasteiger partial charge in [-0.3, -0.25) is 0 Å². The number of phenols is 1. The van der Waals surface area contributed by atoms with Crippen LogP contribution in [0.15, 0.2) is 89.3 Å². The average molecular weight is 517 g/mol. The number of ether oxygens (including phenoxy) is 1. The van der Waals surface area contributed by atoms with Gasteiger partial charge in [-0.2, -0.15) is 4.98 Å². The molecule has 6 rings (SSSR count). The Hall–Kier alpha value is -4.38. The van der Waals surface area contributed by atoms with E-state index in [1.54, 1.807) is 12.1 Å². The molecule has 0 spiro atoms. The number of fused-ring (bicyclic) bond motifs is 4. The molecule has 5 nitrogen and oxygen atoms in total. The van der Waals surface area contributed by atoms with Crippen LogP contribution in [-0.2, 0) is 0 Å². The third-order valence-electron chi connectivity index (χ3n) is 7.49. The zero-order valence-electron chi connectivity index (χ0n) is 22.4. The second-order valence-electron chi connectivity index (χ2n) is 10.2. The summed E-state index contributed by atoms with van der Waals surface area (Å²) in [6.07, 6.45) is 4.56. The standard InChI is InChI=1S/C34H32N2O3/c1-3-5-10-22(4-2)21-38-33-20-29(35-34(36-33)26-13-8-9-14-30(26)37)25-15-16-31-27(18-25)28-17-23-11-6-7-12-24(23)19-32(28)39-31/h6-9,11-20,22,37H,3-5,10,21H2,1-2H3. The van der Waals surface area contributed by atoms with Gasteiger partial charge < -0.3 is 14.3 Å². The van der Waals surface area contributed by atoms with Gasteiger partial charge in [-0.15, -0.1) is 0 Å². The first-order chi connectivity index (χ1) is 19.1. The second-order valence-corrected chi connectivity index (χ2v) is 10.2. The number of aromatic nitrogens is 2. The van der Waals surface area contributed by atoms with Crippen molar-refractivity contribution in [3.63, 3.8) is 0 Å². The van der Waals surface area contributed by atoms with Crippen LogP contribution in [0.25, 0.3) is 55.4 Å². The van der Waals surface area contributed by atoms with E-state index < -0.39 is 0 Å². The average Bonchev–Trinajstić information content (AvgIpc) is 3.32. The van der Waals surface area contributed by atoms with Crippen LogP contribution in [-0.4, -0.2) is 21.7 Å². The van der Waals surface area contributed by atoms with E-state index in [1.807, 2.05) is 36.4 Å². The Morgan fingerprint density at radius 2 is 1.59 bits per heavy atom. The highest BCUT2D eigenvalue weighted by atomic mass is 16.5. The molecule has 0 aliphatic carbocycles. The van der Waals surface area contributed by atoms with Gasteiger partial charge in [-0.1, -0.05) is 69.5 Å². The molecule has 0 aliphatic rings. The summed E-state index contributed by atoms with van der Waals surface area (Å²) in [5.41, 5.74) is 3.93. The van der Waals surface area contributed by atoms with E-state index in [0.717, 1.165) is 51.4 Å². The summed E-state index contributed by atoms with van der Waals surface area (Å²) in [5.74, 6) is 1.56. The van der Waals surface area contributed by atoms with Crippen molar-refractivity contribution in [2.24, 2.45) is 5.92 Å². The smallest absolute Gasteiger partial charge is 0.217 e. The SMILES string of the molecule is CCCCC(CC)COc1cc(-c2ccc3oc4cc5ccccc5cc4c3c2)nc(-c2ccccc2O)n1. The Labute approximate surface area is 228 Å². The highest BCUT2D eigenvalue weighted by Gasteiger charge is 2.16. The summed E-state index contributed by atoms with van der Waals surface area (Å²) in [6.45, 7) is 5.02. The Balaban J connectivity index is 1.44. The van der Waals surface area contributed by atoms with E-state index in [-0.39, 0.29) is 5.75 Å². The molecule has 0 radical (unpaired) electrons. The van der Waals surface area contributed by atoms with Crippen LogP contribution >= 0.6 is 0 Å². The molecule has 0 saturated heterocycles. The Kier molecular flexibility index (Phi) is 6.89. The number of benzene rings is 4. The second kappa shape index (κ2) is 10.8. The maximum atomic E-state index is 10.6. The van der Waals surface area contributed by atoms with Crippen molar-refractivity contribution in [3.8, 4) is 34.3 Å². The Bertz CT molecular complexity index is 1770. The van der Waals surface area contributed by atoms with E-state index in [9.17, 15) is 5.11 Å². The number of para-hydroxylation sites is 1. The maximum absolute atomic E-state index is 10.6. The van der Waals surface area contributed by atoms with Crippen molar-refractivity contribution >= 4 is 32.7 Å². The summed E-state index contributed by atoms with van der Waals surface area (Å²) >= 11 is 0. The summed E-state index contributed by atoms with van der Waals surface area (Å²) in [5, 5.41) is 15.0. The van der Waals surface area contributed by atoms with Crippen molar-refractivity contribution in [3.05, 3.63) is 84.9 Å². The zero-order valence-corrected chi connectivity index (χ0v) is 22.4. The third-order valence-corrected chi connectivity index (χ3v) is 7.49. The van der Waals surface area contributed by atoms with Gasteiger partial charge in [0.05, 0.1) is 17.9 Å². The lowest BCUT2D eigenvalue weighted by Gasteiger charge is -2.16. The lowest BCUT2D eigenvalue weighted by molar-refractivity contribution is 0.226. The number of furan rings is 1. The van der Waals surface area contributed by atoms with Crippen LogP contribution < -0.4 is 4.74 Å². The van der Waals surface area contributed by atoms with Crippen LogP contribution in [0.3, 0.4) is 0 Å². The number of hydrogen-bond acceptors (Lipinski definition) is 5. The number of unbranched alkanes of at least 4 members (excludes halogenated alkanes) is 1. The predicted molar refractivity (Wildman–Crippen MR) is 158 cm³/mol. The highest BCUT2D eigenvalue weighted by Crippen LogP contribution is 2.36. The minimum absolute atomic E-state index is 0.137. The molecule has 1 unspecified atom stereocenters. The quantitative estimate of drug-likeness (QED) is 0.207. The monoisotopic (exact) mass is 516 g/mol. The molecule has 0 fully saturated rings. The van der Waals surface area contributed by atoms with Crippen LogP contribution in [0.1, 0.15) is 39.5 Å². The number of nitrogens with zero attached hydrogens (tertiary/aromatic N) is 2. The number of rotatable bonds is 9.